The third-order valence-electron chi connectivity index (χ3n) is 4.15. The normalized spacial score (nSPS) is 16.7. The summed E-state index contributed by atoms with van der Waals surface area (Å²) in [5.74, 6) is -1.05. The smallest absolute Gasteiger partial charge is 0.220 e. The monoisotopic (exact) mass is 332 g/mol. The number of aryl methyl sites for hydroxylation is 1. The van der Waals surface area contributed by atoms with Crippen LogP contribution in [0.25, 0.3) is 0 Å². The Labute approximate surface area is 136 Å². The molecule has 1 fully saturated rings. The molecule has 3 nitrogen and oxygen atoms in total. The van der Waals surface area contributed by atoms with Crippen LogP contribution in [-0.4, -0.2) is 25.5 Å². The molecule has 2 N–H and O–H groups in total. The SMILES string of the molecule is CC1(CNC(=O)CCc2cc(F)ccc2F)CCNCC1.Cl. The highest BCUT2D eigenvalue weighted by Gasteiger charge is 2.26. The van der Waals surface area contributed by atoms with E-state index in [1.807, 2.05) is 0 Å². The minimum absolute atomic E-state index is 0. The van der Waals surface area contributed by atoms with Crippen LogP contribution >= 0.6 is 12.4 Å². The van der Waals surface area contributed by atoms with Gasteiger partial charge in [-0.25, -0.2) is 8.78 Å². The molecule has 0 aromatic heterocycles. The Kier molecular flexibility index (Phi) is 7.23. The maximum Gasteiger partial charge on any atom is 0.220 e. The zero-order valence-corrected chi connectivity index (χ0v) is 13.6. The van der Waals surface area contributed by atoms with Crippen LogP contribution in [0.5, 0.6) is 0 Å². The molecule has 0 unspecified atom stereocenters. The van der Waals surface area contributed by atoms with Gasteiger partial charge in [0.25, 0.3) is 0 Å². The molecule has 2 rings (SSSR count). The molecule has 1 aromatic carbocycles. The summed E-state index contributed by atoms with van der Waals surface area (Å²) in [7, 11) is 0. The summed E-state index contributed by atoms with van der Waals surface area (Å²) in [6.07, 6.45) is 2.46. The predicted octanol–water partition coefficient (Wildman–Crippen LogP) is 2.83. The zero-order valence-electron chi connectivity index (χ0n) is 12.8. The molecule has 1 aromatic rings. The highest BCUT2D eigenvalue weighted by Crippen LogP contribution is 2.26. The van der Waals surface area contributed by atoms with Crippen LogP contribution in [0.2, 0.25) is 0 Å². The molecule has 0 spiro atoms. The number of rotatable bonds is 5. The minimum Gasteiger partial charge on any atom is -0.356 e. The summed E-state index contributed by atoms with van der Waals surface area (Å²) in [6, 6.07) is 3.33. The number of hydrogen-bond acceptors (Lipinski definition) is 2. The molecule has 0 atom stereocenters. The average Bonchev–Trinajstić information content (AvgIpc) is 2.47. The molecule has 1 amide bonds. The van der Waals surface area contributed by atoms with Crippen LogP contribution in [0.1, 0.15) is 31.7 Å². The molecule has 0 bridgehead atoms. The number of halogens is 3. The van der Waals surface area contributed by atoms with Gasteiger partial charge in [-0.05, 0) is 61.5 Å². The van der Waals surface area contributed by atoms with Crippen molar-refractivity contribution < 1.29 is 13.6 Å². The van der Waals surface area contributed by atoms with Gasteiger partial charge >= 0.3 is 0 Å². The van der Waals surface area contributed by atoms with Crippen molar-refractivity contribution in [3.63, 3.8) is 0 Å². The van der Waals surface area contributed by atoms with Crippen molar-refractivity contribution in [1.82, 2.24) is 10.6 Å². The first-order valence-corrected chi connectivity index (χ1v) is 7.40. The van der Waals surface area contributed by atoms with Crippen molar-refractivity contribution in [2.45, 2.75) is 32.6 Å². The first-order chi connectivity index (χ1) is 9.98. The number of hydrogen-bond donors (Lipinski definition) is 2. The van der Waals surface area contributed by atoms with Gasteiger partial charge in [-0.15, -0.1) is 12.4 Å². The largest absolute Gasteiger partial charge is 0.356 e. The molecule has 1 aliphatic rings. The van der Waals surface area contributed by atoms with E-state index < -0.39 is 11.6 Å². The molecule has 1 saturated heterocycles. The molecular formula is C16H23ClF2N2O. The third-order valence-corrected chi connectivity index (χ3v) is 4.15. The first-order valence-electron chi connectivity index (χ1n) is 7.40. The van der Waals surface area contributed by atoms with Gasteiger partial charge in [0, 0.05) is 13.0 Å². The van der Waals surface area contributed by atoms with Crippen molar-refractivity contribution >= 4 is 18.3 Å². The fraction of sp³-hybridized carbons (Fsp3) is 0.562. The second-order valence-corrected chi connectivity index (χ2v) is 6.07. The van der Waals surface area contributed by atoms with E-state index in [9.17, 15) is 13.6 Å². The Balaban J connectivity index is 0.00000242. The van der Waals surface area contributed by atoms with Gasteiger partial charge in [0.05, 0.1) is 0 Å². The molecule has 0 aliphatic carbocycles. The van der Waals surface area contributed by atoms with E-state index in [2.05, 4.69) is 17.6 Å². The maximum absolute atomic E-state index is 13.5. The maximum atomic E-state index is 13.5. The number of piperidine rings is 1. The number of carbonyl (C=O) groups is 1. The van der Waals surface area contributed by atoms with Gasteiger partial charge < -0.3 is 10.6 Å². The first kappa shape index (κ1) is 18.8. The molecule has 0 radical (unpaired) electrons. The number of carbonyl (C=O) groups excluding carboxylic acids is 1. The lowest BCUT2D eigenvalue weighted by atomic mass is 9.81. The minimum atomic E-state index is -0.478. The molecule has 6 heteroatoms. The second-order valence-electron chi connectivity index (χ2n) is 6.07. The van der Waals surface area contributed by atoms with Gasteiger partial charge in [-0.2, -0.15) is 0 Å². The summed E-state index contributed by atoms with van der Waals surface area (Å²) in [5, 5.41) is 6.21. The molecular weight excluding hydrogens is 310 g/mol. The summed E-state index contributed by atoms with van der Waals surface area (Å²) in [4.78, 5) is 11.9. The van der Waals surface area contributed by atoms with Gasteiger partial charge in [-0.3, -0.25) is 4.79 Å². The van der Waals surface area contributed by atoms with Crippen LogP contribution < -0.4 is 10.6 Å². The zero-order chi connectivity index (χ0) is 15.3. The van der Waals surface area contributed by atoms with E-state index in [1.165, 1.54) is 0 Å². The molecule has 22 heavy (non-hydrogen) atoms. The van der Waals surface area contributed by atoms with E-state index in [-0.39, 0.29) is 42.1 Å². The molecule has 0 saturated carbocycles. The standard InChI is InChI=1S/C16H22F2N2O.ClH/c1-16(6-8-19-9-7-16)11-20-15(21)5-2-12-10-13(17)3-4-14(12)18;/h3-4,10,19H,2,5-9,11H2,1H3,(H,20,21);1H. The highest BCUT2D eigenvalue weighted by atomic mass is 35.5. The van der Waals surface area contributed by atoms with Gasteiger partial charge in [0.15, 0.2) is 0 Å². The van der Waals surface area contributed by atoms with Crippen molar-refractivity contribution in [3.05, 3.63) is 35.4 Å². The van der Waals surface area contributed by atoms with Crippen molar-refractivity contribution in [1.29, 1.82) is 0 Å². The lowest BCUT2D eigenvalue weighted by Gasteiger charge is -2.34. The number of amides is 1. The van der Waals surface area contributed by atoms with E-state index in [0.29, 0.717) is 6.54 Å². The number of benzene rings is 1. The van der Waals surface area contributed by atoms with Crippen LogP contribution in [0, 0.1) is 17.0 Å². The fourth-order valence-corrected chi connectivity index (χ4v) is 2.59. The fourth-order valence-electron chi connectivity index (χ4n) is 2.59. The third kappa shape index (κ3) is 5.54. The highest BCUT2D eigenvalue weighted by molar-refractivity contribution is 5.85. The van der Waals surface area contributed by atoms with Gasteiger partial charge in [0.1, 0.15) is 11.6 Å². The molecule has 1 heterocycles. The summed E-state index contributed by atoms with van der Waals surface area (Å²) in [5.41, 5.74) is 0.378. The Hall–Kier alpha value is -1.20. The predicted molar refractivity (Wildman–Crippen MR) is 85.1 cm³/mol. The van der Waals surface area contributed by atoms with Gasteiger partial charge in [-0.1, -0.05) is 6.92 Å². The number of nitrogens with one attached hydrogen (secondary N) is 2. The average molecular weight is 333 g/mol. The summed E-state index contributed by atoms with van der Waals surface area (Å²) in [6.45, 7) is 4.75. The lowest BCUT2D eigenvalue weighted by Crippen LogP contribution is -2.42. The van der Waals surface area contributed by atoms with E-state index in [0.717, 1.165) is 44.1 Å². The Morgan fingerprint density at radius 3 is 2.68 bits per heavy atom. The quantitative estimate of drug-likeness (QED) is 0.870. The van der Waals surface area contributed by atoms with Crippen LogP contribution in [0.15, 0.2) is 18.2 Å². The molecule has 1 aliphatic heterocycles. The lowest BCUT2D eigenvalue weighted by molar-refractivity contribution is -0.121. The van der Waals surface area contributed by atoms with Crippen LogP contribution in [-0.2, 0) is 11.2 Å². The van der Waals surface area contributed by atoms with Crippen LogP contribution in [0.3, 0.4) is 0 Å². The van der Waals surface area contributed by atoms with Crippen molar-refractivity contribution in [2.24, 2.45) is 5.41 Å². The molecule has 124 valence electrons. The summed E-state index contributed by atoms with van der Waals surface area (Å²) >= 11 is 0. The van der Waals surface area contributed by atoms with Gasteiger partial charge in [0.2, 0.25) is 5.91 Å². The van der Waals surface area contributed by atoms with Crippen molar-refractivity contribution in [3.8, 4) is 0 Å². The Morgan fingerprint density at radius 1 is 1.32 bits per heavy atom. The van der Waals surface area contributed by atoms with Crippen LogP contribution in [0.4, 0.5) is 8.78 Å². The Bertz CT molecular complexity index is 505. The topological polar surface area (TPSA) is 41.1 Å². The Morgan fingerprint density at radius 2 is 2.00 bits per heavy atom. The van der Waals surface area contributed by atoms with Crippen molar-refractivity contribution in [2.75, 3.05) is 19.6 Å². The summed E-state index contributed by atoms with van der Waals surface area (Å²) < 4.78 is 26.5. The van der Waals surface area contributed by atoms with E-state index >= 15 is 0 Å². The van der Waals surface area contributed by atoms with E-state index in [4.69, 9.17) is 0 Å². The van der Waals surface area contributed by atoms with E-state index in [1.54, 1.807) is 0 Å². The second kappa shape index (κ2) is 8.44.